The monoisotopic (exact) mass is 212 g/mol. The summed E-state index contributed by atoms with van der Waals surface area (Å²) >= 11 is 1.42. The molecule has 0 atom stereocenters. The molecule has 0 saturated carbocycles. The fourth-order valence-electron chi connectivity index (χ4n) is 0.946. The van der Waals surface area contributed by atoms with Gasteiger partial charge in [0.2, 0.25) is 6.41 Å². The van der Waals surface area contributed by atoms with Crippen LogP contribution >= 0.6 is 11.3 Å². The van der Waals surface area contributed by atoms with Crippen molar-refractivity contribution in [3.8, 4) is 0 Å². The van der Waals surface area contributed by atoms with Gasteiger partial charge in [0.25, 0.3) is 5.91 Å². The Balaban J connectivity index is 2.13. The maximum Gasteiger partial charge on any atom is 0.261 e. The van der Waals surface area contributed by atoms with Crippen LogP contribution in [-0.4, -0.2) is 25.4 Å². The van der Waals surface area contributed by atoms with Crippen molar-refractivity contribution >= 4 is 23.7 Å². The molecular formula is C9H12N2O2S. The van der Waals surface area contributed by atoms with Crippen molar-refractivity contribution in [3.63, 3.8) is 0 Å². The Morgan fingerprint density at radius 3 is 3.00 bits per heavy atom. The summed E-state index contributed by atoms with van der Waals surface area (Å²) < 4.78 is 0. The zero-order valence-electron chi connectivity index (χ0n) is 7.66. The first-order chi connectivity index (χ1) is 6.84. The maximum atomic E-state index is 11.3. The Hall–Kier alpha value is -1.36. The van der Waals surface area contributed by atoms with Crippen LogP contribution in [0.5, 0.6) is 0 Å². The normalized spacial score (nSPS) is 9.43. The van der Waals surface area contributed by atoms with Crippen LogP contribution < -0.4 is 10.6 Å². The molecule has 2 amide bonds. The van der Waals surface area contributed by atoms with Gasteiger partial charge in [-0.3, -0.25) is 9.59 Å². The van der Waals surface area contributed by atoms with E-state index in [1.807, 2.05) is 11.4 Å². The Kier molecular flexibility index (Phi) is 4.71. The Morgan fingerprint density at radius 2 is 2.36 bits per heavy atom. The molecule has 0 saturated heterocycles. The minimum absolute atomic E-state index is 0.0499. The number of carbonyl (C=O) groups is 2. The highest BCUT2D eigenvalue weighted by Crippen LogP contribution is 2.07. The van der Waals surface area contributed by atoms with E-state index in [-0.39, 0.29) is 5.91 Å². The zero-order valence-corrected chi connectivity index (χ0v) is 8.47. The average molecular weight is 212 g/mol. The highest BCUT2D eigenvalue weighted by atomic mass is 32.1. The molecule has 0 aliphatic rings. The molecule has 0 aliphatic heterocycles. The molecular weight excluding hydrogens is 200 g/mol. The average Bonchev–Trinajstić information content (AvgIpc) is 2.70. The second-order valence-electron chi connectivity index (χ2n) is 2.66. The minimum atomic E-state index is -0.0499. The largest absolute Gasteiger partial charge is 0.359 e. The Labute approximate surface area is 86.3 Å². The van der Waals surface area contributed by atoms with Crippen molar-refractivity contribution in [2.45, 2.75) is 6.42 Å². The Morgan fingerprint density at radius 1 is 1.50 bits per heavy atom. The number of amides is 2. The molecule has 1 aromatic rings. The van der Waals surface area contributed by atoms with Crippen LogP contribution in [-0.2, 0) is 4.79 Å². The molecule has 14 heavy (non-hydrogen) atoms. The van der Waals surface area contributed by atoms with Crippen LogP contribution in [0.2, 0.25) is 0 Å². The van der Waals surface area contributed by atoms with Crippen LogP contribution in [0.25, 0.3) is 0 Å². The molecule has 2 N–H and O–H groups in total. The van der Waals surface area contributed by atoms with E-state index < -0.39 is 0 Å². The van der Waals surface area contributed by atoms with Gasteiger partial charge in [-0.25, -0.2) is 0 Å². The molecule has 0 spiro atoms. The number of hydrogen-bond donors (Lipinski definition) is 2. The van der Waals surface area contributed by atoms with E-state index in [1.165, 1.54) is 11.3 Å². The van der Waals surface area contributed by atoms with E-state index in [9.17, 15) is 9.59 Å². The van der Waals surface area contributed by atoms with Crippen molar-refractivity contribution in [1.82, 2.24) is 10.6 Å². The van der Waals surface area contributed by atoms with Crippen molar-refractivity contribution < 1.29 is 9.59 Å². The van der Waals surface area contributed by atoms with Crippen LogP contribution in [0.3, 0.4) is 0 Å². The van der Waals surface area contributed by atoms with Gasteiger partial charge in [-0.2, -0.15) is 0 Å². The van der Waals surface area contributed by atoms with Crippen molar-refractivity contribution in [2.24, 2.45) is 0 Å². The number of nitrogens with one attached hydrogen (secondary N) is 2. The van der Waals surface area contributed by atoms with E-state index >= 15 is 0 Å². The number of rotatable bonds is 6. The summed E-state index contributed by atoms with van der Waals surface area (Å²) in [7, 11) is 0. The lowest BCUT2D eigenvalue weighted by molar-refractivity contribution is -0.109. The molecule has 1 rings (SSSR count). The summed E-state index contributed by atoms with van der Waals surface area (Å²) in [4.78, 5) is 22.0. The maximum absolute atomic E-state index is 11.3. The smallest absolute Gasteiger partial charge is 0.261 e. The molecule has 1 aromatic heterocycles. The summed E-state index contributed by atoms with van der Waals surface area (Å²) in [6.07, 6.45) is 1.40. The van der Waals surface area contributed by atoms with E-state index in [2.05, 4.69) is 10.6 Å². The quantitative estimate of drug-likeness (QED) is 0.536. The lowest BCUT2D eigenvalue weighted by atomic mass is 10.4. The lowest BCUT2D eigenvalue weighted by Crippen LogP contribution is -2.26. The van der Waals surface area contributed by atoms with Gasteiger partial charge in [0.15, 0.2) is 0 Å². The first-order valence-electron chi connectivity index (χ1n) is 4.33. The van der Waals surface area contributed by atoms with Crippen LogP contribution in [0.4, 0.5) is 0 Å². The van der Waals surface area contributed by atoms with Gasteiger partial charge in [-0.15, -0.1) is 11.3 Å². The van der Waals surface area contributed by atoms with E-state index in [0.717, 1.165) is 6.42 Å². The summed E-state index contributed by atoms with van der Waals surface area (Å²) in [5.41, 5.74) is 0. The molecule has 0 aliphatic carbocycles. The fourth-order valence-corrected chi connectivity index (χ4v) is 1.59. The summed E-state index contributed by atoms with van der Waals surface area (Å²) in [5.74, 6) is -0.0499. The zero-order chi connectivity index (χ0) is 10.2. The molecule has 0 fully saturated rings. The molecule has 0 radical (unpaired) electrons. The van der Waals surface area contributed by atoms with Gasteiger partial charge >= 0.3 is 0 Å². The standard InChI is InChI=1S/C9H12N2O2S/c12-7-10-4-2-5-11-9(13)8-3-1-6-14-8/h1,3,6-7H,2,4-5H2,(H,10,12)(H,11,13). The van der Waals surface area contributed by atoms with Gasteiger partial charge in [-0.05, 0) is 17.9 Å². The fraction of sp³-hybridized carbons (Fsp3) is 0.333. The summed E-state index contributed by atoms with van der Waals surface area (Å²) in [6, 6.07) is 3.62. The van der Waals surface area contributed by atoms with Crippen molar-refractivity contribution in [3.05, 3.63) is 22.4 Å². The molecule has 0 unspecified atom stereocenters. The predicted molar refractivity (Wildman–Crippen MR) is 55.3 cm³/mol. The van der Waals surface area contributed by atoms with Crippen LogP contribution in [0.15, 0.2) is 17.5 Å². The van der Waals surface area contributed by atoms with Gasteiger partial charge in [-0.1, -0.05) is 6.07 Å². The molecule has 4 nitrogen and oxygen atoms in total. The van der Waals surface area contributed by atoms with E-state index in [4.69, 9.17) is 0 Å². The van der Waals surface area contributed by atoms with Gasteiger partial charge < -0.3 is 10.6 Å². The minimum Gasteiger partial charge on any atom is -0.359 e. The van der Waals surface area contributed by atoms with Gasteiger partial charge in [0.05, 0.1) is 4.88 Å². The third kappa shape index (κ3) is 3.57. The van der Waals surface area contributed by atoms with Gasteiger partial charge in [0.1, 0.15) is 0 Å². The summed E-state index contributed by atoms with van der Waals surface area (Å²) in [6.45, 7) is 1.17. The highest BCUT2D eigenvalue weighted by Gasteiger charge is 2.03. The molecule has 76 valence electrons. The topological polar surface area (TPSA) is 58.2 Å². The van der Waals surface area contributed by atoms with Crippen LogP contribution in [0, 0.1) is 0 Å². The molecule has 1 heterocycles. The van der Waals surface area contributed by atoms with E-state index in [0.29, 0.717) is 24.4 Å². The van der Waals surface area contributed by atoms with E-state index in [1.54, 1.807) is 6.07 Å². The molecule has 5 heteroatoms. The number of carbonyl (C=O) groups excluding carboxylic acids is 2. The summed E-state index contributed by atoms with van der Waals surface area (Å²) in [5, 5.41) is 7.15. The SMILES string of the molecule is O=CNCCCNC(=O)c1cccs1. The van der Waals surface area contributed by atoms with Crippen molar-refractivity contribution in [2.75, 3.05) is 13.1 Å². The second-order valence-corrected chi connectivity index (χ2v) is 3.61. The third-order valence-electron chi connectivity index (χ3n) is 1.61. The first-order valence-corrected chi connectivity index (χ1v) is 5.21. The Bertz CT molecular complexity index is 285. The van der Waals surface area contributed by atoms with Crippen molar-refractivity contribution in [1.29, 1.82) is 0 Å². The van der Waals surface area contributed by atoms with Crippen LogP contribution in [0.1, 0.15) is 16.1 Å². The first kappa shape index (κ1) is 10.7. The molecule has 0 bridgehead atoms. The number of hydrogen-bond acceptors (Lipinski definition) is 3. The highest BCUT2D eigenvalue weighted by molar-refractivity contribution is 7.12. The third-order valence-corrected chi connectivity index (χ3v) is 2.48. The number of thiophene rings is 1. The lowest BCUT2D eigenvalue weighted by Gasteiger charge is -2.02. The van der Waals surface area contributed by atoms with Gasteiger partial charge in [0, 0.05) is 13.1 Å². The predicted octanol–water partition coefficient (Wildman–Crippen LogP) is 0.614. The second kappa shape index (κ2) is 6.15. The molecule has 0 aromatic carbocycles.